The highest BCUT2D eigenvalue weighted by Crippen LogP contribution is 2.59. The van der Waals surface area contributed by atoms with E-state index >= 15 is 0 Å². The lowest BCUT2D eigenvalue weighted by Crippen LogP contribution is -2.46. The van der Waals surface area contributed by atoms with Gasteiger partial charge in [-0.15, -0.1) is 0 Å². The largest absolute Gasteiger partial charge is 0.198 e. The summed E-state index contributed by atoms with van der Waals surface area (Å²) in [6, 6.07) is 5.69. The highest BCUT2D eigenvalue weighted by molar-refractivity contribution is 5.20. The van der Waals surface area contributed by atoms with Crippen molar-refractivity contribution >= 4 is 0 Å². The van der Waals surface area contributed by atoms with Crippen LogP contribution in [0.5, 0.6) is 0 Å². The minimum absolute atomic E-state index is 0.0595. The molecular weight excluding hydrogens is 412 g/mol. The fourth-order valence-electron chi connectivity index (χ4n) is 6.87. The highest BCUT2D eigenvalue weighted by atomic mass is 14.6. The van der Waals surface area contributed by atoms with E-state index in [-0.39, 0.29) is 27.6 Å². The van der Waals surface area contributed by atoms with Gasteiger partial charge in [0.15, 0.2) is 0 Å². The number of hydrogen-bond donors (Lipinski definition) is 0. The Hall–Kier alpha value is -1.28. The van der Waals surface area contributed by atoms with Crippen molar-refractivity contribution in [3.8, 4) is 12.1 Å². The Labute approximate surface area is 212 Å². The van der Waals surface area contributed by atoms with Gasteiger partial charge in [0.25, 0.3) is 0 Å². The van der Waals surface area contributed by atoms with Crippen molar-refractivity contribution in [3.63, 3.8) is 0 Å². The maximum Gasteiger partial charge on any atom is 0.0782 e. The molecule has 0 saturated heterocycles. The van der Waals surface area contributed by atoms with Crippen LogP contribution in [-0.2, 0) is 0 Å². The summed E-state index contributed by atoms with van der Waals surface area (Å²) in [6.07, 6.45) is 12.9. The molecule has 2 fully saturated rings. The first-order chi connectivity index (χ1) is 15.3. The maximum atomic E-state index is 10.6. The summed E-state index contributed by atoms with van der Waals surface area (Å²) < 4.78 is 0. The molecule has 0 amide bonds. The van der Waals surface area contributed by atoms with Gasteiger partial charge in [0.1, 0.15) is 0 Å². The average Bonchev–Trinajstić information content (AvgIpc) is 2.70. The summed E-state index contributed by atoms with van der Waals surface area (Å²) in [4.78, 5) is 0. The molecule has 3 atom stereocenters. The summed E-state index contributed by atoms with van der Waals surface area (Å²) in [7, 11) is 0. The lowest BCUT2D eigenvalue weighted by Gasteiger charge is -2.52. The van der Waals surface area contributed by atoms with Crippen molar-refractivity contribution in [2.24, 2.45) is 50.2 Å². The van der Waals surface area contributed by atoms with Crippen LogP contribution in [0.1, 0.15) is 128 Å². The topological polar surface area (TPSA) is 47.6 Å². The van der Waals surface area contributed by atoms with E-state index < -0.39 is 5.41 Å². The van der Waals surface area contributed by atoms with Gasteiger partial charge in [0, 0.05) is 0 Å². The van der Waals surface area contributed by atoms with E-state index in [1.165, 1.54) is 0 Å². The number of nitrogens with zero attached hydrogens (tertiary/aromatic N) is 2. The number of hydrogen-bond acceptors (Lipinski definition) is 2. The normalized spacial score (nSPS) is 34.0. The molecule has 2 nitrogen and oxygen atoms in total. The minimum Gasteiger partial charge on any atom is -0.198 e. The van der Waals surface area contributed by atoms with Crippen LogP contribution in [0.4, 0.5) is 0 Å². The molecule has 0 aliphatic heterocycles. The summed E-state index contributed by atoms with van der Waals surface area (Å²) in [5.74, 6) is 1.60. The number of allylic oxidation sites excluding steroid dienone is 2. The van der Waals surface area contributed by atoms with Crippen LogP contribution in [0.25, 0.3) is 0 Å². The van der Waals surface area contributed by atoms with Crippen LogP contribution < -0.4 is 0 Å². The highest BCUT2D eigenvalue weighted by Gasteiger charge is 2.53. The van der Waals surface area contributed by atoms with E-state index in [0.717, 1.165) is 51.4 Å². The molecule has 0 aromatic carbocycles. The molecule has 34 heavy (non-hydrogen) atoms. The van der Waals surface area contributed by atoms with Crippen LogP contribution in [0.3, 0.4) is 0 Å². The molecule has 3 unspecified atom stereocenters. The van der Waals surface area contributed by atoms with Gasteiger partial charge < -0.3 is 0 Å². The Morgan fingerprint density at radius 3 is 1.65 bits per heavy atom. The quantitative estimate of drug-likeness (QED) is 0.387. The number of nitriles is 2. The van der Waals surface area contributed by atoms with E-state index in [9.17, 15) is 10.5 Å². The molecule has 0 heterocycles. The number of rotatable bonds is 4. The van der Waals surface area contributed by atoms with E-state index in [4.69, 9.17) is 0 Å². The first-order valence-corrected chi connectivity index (χ1v) is 13.8. The predicted molar refractivity (Wildman–Crippen MR) is 145 cm³/mol. The molecule has 0 aromatic rings. The molecular formula is C32H54N2. The Balaban J connectivity index is 2.41. The van der Waals surface area contributed by atoms with Gasteiger partial charge >= 0.3 is 0 Å². The third-order valence-corrected chi connectivity index (χ3v) is 9.85. The molecule has 2 rings (SSSR count). The second-order valence-corrected chi connectivity index (χ2v) is 15.8. The second-order valence-electron chi connectivity index (χ2n) is 15.8. The van der Waals surface area contributed by atoms with Gasteiger partial charge in [-0.2, -0.15) is 10.5 Å². The van der Waals surface area contributed by atoms with Crippen molar-refractivity contribution < 1.29 is 0 Å². The fraction of sp³-hybridized carbons (Fsp3) is 0.875. The zero-order valence-electron chi connectivity index (χ0n) is 24.4. The van der Waals surface area contributed by atoms with Crippen molar-refractivity contribution in [3.05, 3.63) is 12.2 Å². The SMILES string of the molecule is CC(C)(C)/C=C\C1(C#N)CCC(C(C)(C)C)CC1CC(C)(C)C1(C#N)CCC(C(C)(C)C)CC1. The van der Waals surface area contributed by atoms with Gasteiger partial charge in [-0.3, -0.25) is 0 Å². The molecule has 0 aromatic heterocycles. The zero-order valence-corrected chi connectivity index (χ0v) is 24.4. The Morgan fingerprint density at radius 1 is 0.735 bits per heavy atom. The summed E-state index contributed by atoms with van der Waals surface area (Å²) in [5, 5.41) is 21.1. The Kier molecular flexibility index (Phi) is 8.21. The minimum atomic E-state index is -0.425. The summed E-state index contributed by atoms with van der Waals surface area (Å²) in [5.41, 5.74) is -0.223. The lowest BCUT2D eigenvalue weighted by atomic mass is 9.50. The van der Waals surface area contributed by atoms with E-state index in [0.29, 0.717) is 17.3 Å². The monoisotopic (exact) mass is 466 g/mol. The molecule has 2 aliphatic rings. The van der Waals surface area contributed by atoms with Crippen LogP contribution in [0, 0.1) is 72.9 Å². The average molecular weight is 467 g/mol. The third-order valence-electron chi connectivity index (χ3n) is 9.85. The van der Waals surface area contributed by atoms with Gasteiger partial charge in [-0.25, -0.2) is 0 Å². The molecule has 192 valence electrons. The standard InChI is InChI=1S/C32H54N2/c1-27(2,3)18-19-31(22-33)15-12-25(29(7,8)9)20-26(31)21-30(10,11)32(23-34)16-13-24(14-17-32)28(4,5)6/h18-19,24-26H,12-17,20-21H2,1-11H3/b19-18-. The van der Waals surface area contributed by atoms with Gasteiger partial charge in [-0.05, 0) is 90.8 Å². The molecule has 0 spiro atoms. The van der Waals surface area contributed by atoms with Crippen molar-refractivity contribution in [2.45, 2.75) is 128 Å². The molecule has 0 N–H and O–H groups in total. The predicted octanol–water partition coefficient (Wildman–Crippen LogP) is 9.72. The molecule has 2 aliphatic carbocycles. The fourth-order valence-corrected chi connectivity index (χ4v) is 6.87. The maximum absolute atomic E-state index is 10.6. The first kappa shape index (κ1) is 29.0. The summed E-state index contributed by atoms with van der Waals surface area (Å²) in [6.45, 7) is 25.4. The molecule has 2 heteroatoms. The van der Waals surface area contributed by atoms with Crippen LogP contribution in [0.15, 0.2) is 12.2 Å². The van der Waals surface area contributed by atoms with Gasteiger partial charge in [0.2, 0.25) is 0 Å². The van der Waals surface area contributed by atoms with E-state index in [1.54, 1.807) is 0 Å². The molecule has 0 bridgehead atoms. The van der Waals surface area contributed by atoms with Gasteiger partial charge in [0.05, 0.1) is 23.0 Å². The Bertz CT molecular complexity index is 804. The zero-order chi connectivity index (χ0) is 26.2. The van der Waals surface area contributed by atoms with E-state index in [1.807, 2.05) is 0 Å². The summed E-state index contributed by atoms with van der Waals surface area (Å²) >= 11 is 0. The second kappa shape index (κ2) is 9.64. The molecule has 2 saturated carbocycles. The van der Waals surface area contributed by atoms with E-state index in [2.05, 4.69) is 100 Å². The molecule has 0 radical (unpaired) electrons. The first-order valence-electron chi connectivity index (χ1n) is 13.8. The Morgan fingerprint density at radius 2 is 1.24 bits per heavy atom. The van der Waals surface area contributed by atoms with Crippen LogP contribution in [0.2, 0.25) is 0 Å². The van der Waals surface area contributed by atoms with Crippen LogP contribution in [-0.4, -0.2) is 0 Å². The van der Waals surface area contributed by atoms with Crippen molar-refractivity contribution in [1.29, 1.82) is 10.5 Å². The van der Waals surface area contributed by atoms with Crippen LogP contribution >= 0.6 is 0 Å². The lowest BCUT2D eigenvalue weighted by molar-refractivity contribution is -0.0106. The third kappa shape index (κ3) is 6.28. The smallest absolute Gasteiger partial charge is 0.0782 e. The van der Waals surface area contributed by atoms with Gasteiger partial charge in [-0.1, -0.05) is 88.3 Å². The van der Waals surface area contributed by atoms with Crippen molar-refractivity contribution in [1.82, 2.24) is 0 Å². The van der Waals surface area contributed by atoms with Crippen molar-refractivity contribution in [2.75, 3.05) is 0 Å².